The van der Waals surface area contributed by atoms with Crippen molar-refractivity contribution in [2.75, 3.05) is 7.05 Å². The van der Waals surface area contributed by atoms with Crippen LogP contribution in [-0.4, -0.2) is 7.05 Å². The van der Waals surface area contributed by atoms with E-state index in [9.17, 15) is 8.78 Å². The molecule has 0 bridgehead atoms. The molecular weight excluding hydrogens is 303 g/mol. The van der Waals surface area contributed by atoms with Gasteiger partial charge in [0, 0.05) is 21.7 Å². The normalized spacial score (nSPS) is 12.4. The van der Waals surface area contributed by atoms with E-state index in [4.69, 9.17) is 23.2 Å². The minimum absolute atomic E-state index is 0.318. The molecule has 1 nitrogen and oxygen atoms in total. The highest BCUT2D eigenvalue weighted by molar-refractivity contribution is 6.30. The van der Waals surface area contributed by atoms with E-state index in [-0.39, 0.29) is 6.04 Å². The van der Waals surface area contributed by atoms with Gasteiger partial charge in [-0.3, -0.25) is 0 Å². The number of rotatable bonds is 4. The molecule has 0 heterocycles. The molecule has 1 unspecified atom stereocenters. The Morgan fingerprint density at radius 1 is 1.00 bits per heavy atom. The summed E-state index contributed by atoms with van der Waals surface area (Å²) in [6, 6.07) is 8.60. The first-order valence-electron chi connectivity index (χ1n) is 6.07. The number of hydrogen-bond donors (Lipinski definition) is 1. The van der Waals surface area contributed by atoms with Crippen molar-refractivity contribution in [1.29, 1.82) is 0 Å². The van der Waals surface area contributed by atoms with Gasteiger partial charge in [0.25, 0.3) is 0 Å². The molecule has 0 fully saturated rings. The molecule has 0 aromatic heterocycles. The fourth-order valence-electron chi connectivity index (χ4n) is 2.06. The summed E-state index contributed by atoms with van der Waals surface area (Å²) in [6.07, 6.45) is 0.318. The minimum atomic E-state index is -0.411. The van der Waals surface area contributed by atoms with Gasteiger partial charge in [-0.15, -0.1) is 0 Å². The van der Waals surface area contributed by atoms with E-state index in [1.54, 1.807) is 31.3 Å². The van der Waals surface area contributed by atoms with E-state index < -0.39 is 11.6 Å². The molecular formula is C15H13Cl2F2N. The SMILES string of the molecule is CNC(Cc1ccc(Cl)cc1F)c1ccc(Cl)cc1F. The maximum Gasteiger partial charge on any atom is 0.129 e. The summed E-state index contributed by atoms with van der Waals surface area (Å²) in [5, 5.41) is 3.66. The van der Waals surface area contributed by atoms with Crippen LogP contribution in [0.5, 0.6) is 0 Å². The molecule has 0 aliphatic rings. The smallest absolute Gasteiger partial charge is 0.129 e. The quantitative estimate of drug-likeness (QED) is 0.856. The van der Waals surface area contributed by atoms with Crippen molar-refractivity contribution in [1.82, 2.24) is 5.32 Å². The van der Waals surface area contributed by atoms with Crippen LogP contribution in [0.15, 0.2) is 36.4 Å². The van der Waals surface area contributed by atoms with E-state index in [2.05, 4.69) is 5.32 Å². The Balaban J connectivity index is 2.28. The predicted molar refractivity (Wildman–Crippen MR) is 78.3 cm³/mol. The van der Waals surface area contributed by atoms with Gasteiger partial charge in [0.2, 0.25) is 0 Å². The van der Waals surface area contributed by atoms with Crippen LogP contribution in [0.2, 0.25) is 10.0 Å². The van der Waals surface area contributed by atoms with Gasteiger partial charge in [0.05, 0.1) is 0 Å². The topological polar surface area (TPSA) is 12.0 Å². The molecule has 0 aliphatic carbocycles. The number of halogens is 4. The summed E-state index contributed by atoms with van der Waals surface area (Å²) in [5.41, 5.74) is 0.925. The maximum atomic E-state index is 13.9. The lowest BCUT2D eigenvalue weighted by Gasteiger charge is -2.18. The molecule has 0 saturated heterocycles. The Labute approximate surface area is 126 Å². The Morgan fingerprint density at radius 2 is 1.60 bits per heavy atom. The Kier molecular flexibility index (Phi) is 4.97. The van der Waals surface area contributed by atoms with Gasteiger partial charge in [0.1, 0.15) is 11.6 Å². The van der Waals surface area contributed by atoms with Crippen LogP contribution in [0.1, 0.15) is 17.2 Å². The largest absolute Gasteiger partial charge is 0.313 e. The second-order valence-electron chi connectivity index (χ2n) is 4.45. The number of nitrogens with one attached hydrogen (secondary N) is 1. The van der Waals surface area contributed by atoms with Crippen LogP contribution in [-0.2, 0) is 6.42 Å². The van der Waals surface area contributed by atoms with Crippen LogP contribution >= 0.6 is 23.2 Å². The van der Waals surface area contributed by atoms with Gasteiger partial charge in [-0.05, 0) is 43.3 Å². The zero-order valence-electron chi connectivity index (χ0n) is 10.8. The van der Waals surface area contributed by atoms with Crippen molar-refractivity contribution in [2.45, 2.75) is 12.5 Å². The van der Waals surface area contributed by atoms with Gasteiger partial charge >= 0.3 is 0 Å². The third kappa shape index (κ3) is 3.48. The number of hydrogen-bond acceptors (Lipinski definition) is 1. The highest BCUT2D eigenvalue weighted by atomic mass is 35.5. The minimum Gasteiger partial charge on any atom is -0.313 e. The lowest BCUT2D eigenvalue weighted by Crippen LogP contribution is -2.20. The second kappa shape index (κ2) is 6.53. The molecule has 1 atom stereocenters. The van der Waals surface area contributed by atoms with Gasteiger partial charge in [-0.2, -0.15) is 0 Å². The predicted octanol–water partition coefficient (Wildman–Crippen LogP) is 4.77. The third-order valence-electron chi connectivity index (χ3n) is 3.13. The second-order valence-corrected chi connectivity index (χ2v) is 5.32. The lowest BCUT2D eigenvalue weighted by molar-refractivity contribution is 0.520. The summed E-state index contributed by atoms with van der Waals surface area (Å²) < 4.78 is 27.7. The summed E-state index contributed by atoms with van der Waals surface area (Å²) in [6.45, 7) is 0. The van der Waals surface area contributed by atoms with E-state index >= 15 is 0 Å². The van der Waals surface area contributed by atoms with Gasteiger partial charge in [0.15, 0.2) is 0 Å². The molecule has 0 aliphatic heterocycles. The first kappa shape index (κ1) is 15.2. The molecule has 0 amide bonds. The van der Waals surface area contributed by atoms with Gasteiger partial charge in [-0.1, -0.05) is 35.3 Å². The molecule has 2 aromatic rings. The summed E-state index contributed by atoms with van der Waals surface area (Å²) in [7, 11) is 1.70. The van der Waals surface area contributed by atoms with Crippen LogP contribution < -0.4 is 5.32 Å². The van der Waals surface area contributed by atoms with E-state index in [1.807, 2.05) is 0 Å². The van der Waals surface area contributed by atoms with E-state index in [0.29, 0.717) is 27.6 Å². The number of likely N-dealkylation sites (N-methyl/N-ethyl adjacent to an activating group) is 1. The Morgan fingerprint density at radius 3 is 2.15 bits per heavy atom. The van der Waals surface area contributed by atoms with Crippen molar-refractivity contribution in [3.8, 4) is 0 Å². The van der Waals surface area contributed by atoms with Crippen molar-refractivity contribution >= 4 is 23.2 Å². The molecule has 2 aromatic carbocycles. The van der Waals surface area contributed by atoms with E-state index in [0.717, 1.165) is 0 Å². The Hall–Kier alpha value is -1.16. The molecule has 20 heavy (non-hydrogen) atoms. The maximum absolute atomic E-state index is 13.9. The Bertz CT molecular complexity index is 617. The van der Waals surface area contributed by atoms with E-state index in [1.165, 1.54) is 12.1 Å². The monoisotopic (exact) mass is 315 g/mol. The first-order valence-corrected chi connectivity index (χ1v) is 6.83. The molecule has 1 N–H and O–H groups in total. The molecule has 2 rings (SSSR count). The van der Waals surface area contributed by atoms with Gasteiger partial charge in [-0.25, -0.2) is 8.78 Å². The first-order chi connectivity index (χ1) is 9.51. The van der Waals surface area contributed by atoms with Crippen LogP contribution in [0.25, 0.3) is 0 Å². The highest BCUT2D eigenvalue weighted by Crippen LogP contribution is 2.25. The summed E-state index contributed by atoms with van der Waals surface area (Å²) in [5.74, 6) is -0.807. The molecule has 0 spiro atoms. The fourth-order valence-corrected chi connectivity index (χ4v) is 2.38. The van der Waals surface area contributed by atoms with Gasteiger partial charge < -0.3 is 5.32 Å². The highest BCUT2D eigenvalue weighted by Gasteiger charge is 2.17. The van der Waals surface area contributed by atoms with Crippen LogP contribution in [0, 0.1) is 11.6 Å². The molecule has 106 valence electrons. The zero-order chi connectivity index (χ0) is 14.7. The van der Waals surface area contributed by atoms with Crippen molar-refractivity contribution in [2.24, 2.45) is 0 Å². The van der Waals surface area contributed by atoms with Crippen molar-refractivity contribution in [3.05, 3.63) is 69.2 Å². The zero-order valence-corrected chi connectivity index (χ0v) is 12.3. The average Bonchev–Trinajstić information content (AvgIpc) is 2.39. The lowest BCUT2D eigenvalue weighted by atomic mass is 9.98. The van der Waals surface area contributed by atoms with Crippen LogP contribution in [0.3, 0.4) is 0 Å². The average molecular weight is 316 g/mol. The standard InChI is InChI=1S/C15H13Cl2F2N/c1-20-15(12-5-4-11(17)8-14(12)19)6-9-2-3-10(16)7-13(9)18/h2-5,7-8,15,20H,6H2,1H3. The third-order valence-corrected chi connectivity index (χ3v) is 3.60. The van der Waals surface area contributed by atoms with Crippen LogP contribution in [0.4, 0.5) is 8.78 Å². The molecule has 0 radical (unpaired) electrons. The van der Waals surface area contributed by atoms with Crippen molar-refractivity contribution < 1.29 is 8.78 Å². The summed E-state index contributed by atoms with van der Waals surface area (Å²) >= 11 is 11.4. The number of benzene rings is 2. The fraction of sp³-hybridized carbons (Fsp3) is 0.200. The summed E-state index contributed by atoms with van der Waals surface area (Å²) in [4.78, 5) is 0. The van der Waals surface area contributed by atoms with Crippen molar-refractivity contribution in [3.63, 3.8) is 0 Å². The molecule has 0 saturated carbocycles. The molecule has 5 heteroatoms.